The Kier molecular flexibility index (Phi) is 11.5. The normalized spacial score (nSPS) is 22.9. The number of ether oxygens (including phenoxy) is 1. The maximum atomic E-state index is 5.09. The number of piperidine rings is 1. The van der Waals surface area contributed by atoms with Gasteiger partial charge in [-0.15, -0.1) is 24.0 Å². The van der Waals surface area contributed by atoms with E-state index in [1.54, 1.807) is 7.11 Å². The second-order valence-corrected chi connectivity index (χ2v) is 6.17. The summed E-state index contributed by atoms with van der Waals surface area (Å²) in [6, 6.07) is 0. The van der Waals surface area contributed by atoms with Crippen LogP contribution in [0, 0.1) is 5.41 Å². The molecule has 5 heteroatoms. The van der Waals surface area contributed by atoms with Crippen LogP contribution in [-0.2, 0) is 4.74 Å². The van der Waals surface area contributed by atoms with Crippen LogP contribution >= 0.6 is 24.0 Å². The van der Waals surface area contributed by atoms with Crippen LogP contribution in [-0.4, -0.2) is 50.8 Å². The molecule has 1 fully saturated rings. The summed E-state index contributed by atoms with van der Waals surface area (Å²) in [7, 11) is 1.75. The lowest BCUT2D eigenvalue weighted by Gasteiger charge is -2.42. The predicted molar refractivity (Wildman–Crippen MR) is 102 cm³/mol. The van der Waals surface area contributed by atoms with Crippen LogP contribution in [0.2, 0.25) is 0 Å². The minimum absolute atomic E-state index is 0. The molecule has 1 atom stereocenters. The number of aliphatic imine (C=N–C) groups is 1. The molecule has 0 aliphatic carbocycles. The van der Waals surface area contributed by atoms with Crippen molar-refractivity contribution in [2.45, 2.75) is 52.9 Å². The monoisotopic (exact) mass is 411 g/mol. The maximum Gasteiger partial charge on any atom is 0.193 e. The van der Waals surface area contributed by atoms with Crippen molar-refractivity contribution in [1.29, 1.82) is 0 Å². The average molecular weight is 411 g/mol. The van der Waals surface area contributed by atoms with Gasteiger partial charge in [-0.25, -0.2) is 0 Å². The molecule has 1 saturated heterocycles. The van der Waals surface area contributed by atoms with Crippen LogP contribution in [0.15, 0.2) is 4.99 Å². The van der Waals surface area contributed by atoms with Gasteiger partial charge in [0.15, 0.2) is 5.96 Å². The van der Waals surface area contributed by atoms with E-state index in [0.717, 1.165) is 45.2 Å². The van der Waals surface area contributed by atoms with Gasteiger partial charge >= 0.3 is 0 Å². The Bertz CT molecular complexity index is 295. The van der Waals surface area contributed by atoms with E-state index in [0.29, 0.717) is 5.41 Å². The highest BCUT2D eigenvalue weighted by Crippen LogP contribution is 2.33. The fraction of sp³-hybridized carbons (Fsp3) is 0.938. The number of likely N-dealkylation sites (tertiary alicyclic amines) is 1. The van der Waals surface area contributed by atoms with Gasteiger partial charge in [-0.1, -0.05) is 20.3 Å². The maximum absolute atomic E-state index is 5.09. The first kappa shape index (κ1) is 21.0. The van der Waals surface area contributed by atoms with Crippen LogP contribution in [0.1, 0.15) is 52.9 Å². The molecule has 0 spiro atoms. The van der Waals surface area contributed by atoms with Crippen LogP contribution in [0.4, 0.5) is 0 Å². The quantitative estimate of drug-likeness (QED) is 0.302. The Hall–Kier alpha value is -0.0400. The summed E-state index contributed by atoms with van der Waals surface area (Å²) in [5, 5.41) is 3.44. The van der Waals surface area contributed by atoms with Crippen molar-refractivity contribution < 1.29 is 4.74 Å². The van der Waals surface area contributed by atoms with Crippen molar-refractivity contribution in [3.63, 3.8) is 0 Å². The number of rotatable bonds is 7. The number of methoxy groups -OCH3 is 1. The van der Waals surface area contributed by atoms with E-state index >= 15 is 0 Å². The molecule has 1 unspecified atom stereocenters. The van der Waals surface area contributed by atoms with E-state index in [1.807, 2.05) is 0 Å². The Labute approximate surface area is 148 Å². The fourth-order valence-electron chi connectivity index (χ4n) is 3.12. The van der Waals surface area contributed by atoms with E-state index in [4.69, 9.17) is 9.73 Å². The van der Waals surface area contributed by atoms with E-state index in [-0.39, 0.29) is 24.0 Å². The lowest BCUT2D eigenvalue weighted by atomic mass is 9.78. The number of hydrogen-bond donors (Lipinski definition) is 1. The summed E-state index contributed by atoms with van der Waals surface area (Å²) in [6.07, 6.45) is 6.20. The first-order valence-corrected chi connectivity index (χ1v) is 8.17. The van der Waals surface area contributed by atoms with Crippen molar-refractivity contribution >= 4 is 29.9 Å². The van der Waals surface area contributed by atoms with Gasteiger partial charge < -0.3 is 15.0 Å². The standard InChI is InChI=1S/C16H33N3O.HI/c1-5-9-16(3)10-7-12-19(14-16)15(17-6-2)18-11-8-13-20-4;/h5-14H2,1-4H3,(H,17,18);1H. The van der Waals surface area contributed by atoms with Gasteiger partial charge in [0.1, 0.15) is 0 Å². The molecule has 0 bridgehead atoms. The van der Waals surface area contributed by atoms with Gasteiger partial charge in [0, 0.05) is 39.9 Å². The second kappa shape index (κ2) is 11.5. The molecular formula is C16H34IN3O. The van der Waals surface area contributed by atoms with Crippen LogP contribution in [0.5, 0.6) is 0 Å². The molecule has 126 valence electrons. The third-order valence-electron chi connectivity index (χ3n) is 4.04. The molecule has 0 amide bonds. The summed E-state index contributed by atoms with van der Waals surface area (Å²) in [5.41, 5.74) is 0.454. The minimum atomic E-state index is 0. The van der Waals surface area contributed by atoms with E-state index in [1.165, 1.54) is 25.7 Å². The number of nitrogens with one attached hydrogen (secondary N) is 1. The molecule has 1 rings (SSSR count). The summed E-state index contributed by atoms with van der Waals surface area (Å²) in [4.78, 5) is 7.21. The number of halogens is 1. The van der Waals surface area contributed by atoms with E-state index in [9.17, 15) is 0 Å². The van der Waals surface area contributed by atoms with Gasteiger partial charge in [0.05, 0.1) is 0 Å². The number of guanidine groups is 1. The van der Waals surface area contributed by atoms with Gasteiger partial charge in [0.2, 0.25) is 0 Å². The molecular weight excluding hydrogens is 377 g/mol. The molecule has 21 heavy (non-hydrogen) atoms. The Balaban J connectivity index is 0.00000400. The molecule has 0 aromatic rings. The number of hydrogen-bond acceptors (Lipinski definition) is 2. The lowest BCUT2D eigenvalue weighted by Crippen LogP contribution is -2.49. The van der Waals surface area contributed by atoms with Crippen molar-refractivity contribution in [2.24, 2.45) is 10.4 Å². The molecule has 1 aliphatic heterocycles. The average Bonchev–Trinajstić information content (AvgIpc) is 2.42. The topological polar surface area (TPSA) is 36.9 Å². The van der Waals surface area contributed by atoms with E-state index in [2.05, 4.69) is 31.0 Å². The second-order valence-electron chi connectivity index (χ2n) is 6.17. The molecule has 0 saturated carbocycles. The Morgan fingerprint density at radius 3 is 2.76 bits per heavy atom. The Morgan fingerprint density at radius 1 is 1.38 bits per heavy atom. The zero-order chi connectivity index (χ0) is 14.8. The highest BCUT2D eigenvalue weighted by molar-refractivity contribution is 14.0. The van der Waals surface area contributed by atoms with Crippen molar-refractivity contribution in [1.82, 2.24) is 10.2 Å². The van der Waals surface area contributed by atoms with Crippen LogP contribution in [0.3, 0.4) is 0 Å². The van der Waals surface area contributed by atoms with Crippen LogP contribution < -0.4 is 5.32 Å². The van der Waals surface area contributed by atoms with Gasteiger partial charge in [-0.3, -0.25) is 4.99 Å². The van der Waals surface area contributed by atoms with Gasteiger partial charge in [0.25, 0.3) is 0 Å². The van der Waals surface area contributed by atoms with E-state index < -0.39 is 0 Å². The van der Waals surface area contributed by atoms with Crippen LogP contribution in [0.25, 0.3) is 0 Å². The third kappa shape index (κ3) is 7.68. The SMILES string of the molecule is CCCC1(C)CCCN(C(=NCCCOC)NCC)C1.I. The molecule has 0 aromatic carbocycles. The molecule has 4 nitrogen and oxygen atoms in total. The zero-order valence-corrected chi connectivity index (χ0v) is 16.6. The lowest BCUT2D eigenvalue weighted by molar-refractivity contribution is 0.142. The summed E-state index contributed by atoms with van der Waals surface area (Å²) in [6.45, 7) is 11.7. The molecule has 1 N–H and O–H groups in total. The fourth-order valence-corrected chi connectivity index (χ4v) is 3.12. The summed E-state index contributed by atoms with van der Waals surface area (Å²) in [5.74, 6) is 1.09. The smallest absolute Gasteiger partial charge is 0.193 e. The first-order chi connectivity index (χ1) is 9.65. The molecule has 1 heterocycles. The van der Waals surface area contributed by atoms with Crippen molar-refractivity contribution in [3.8, 4) is 0 Å². The summed E-state index contributed by atoms with van der Waals surface area (Å²) < 4.78 is 5.09. The first-order valence-electron chi connectivity index (χ1n) is 8.17. The predicted octanol–water partition coefficient (Wildman–Crippen LogP) is 3.51. The molecule has 0 radical (unpaired) electrons. The largest absolute Gasteiger partial charge is 0.385 e. The summed E-state index contributed by atoms with van der Waals surface area (Å²) >= 11 is 0. The van der Waals surface area contributed by atoms with Crippen molar-refractivity contribution in [2.75, 3.05) is 39.9 Å². The molecule has 0 aromatic heterocycles. The minimum Gasteiger partial charge on any atom is -0.385 e. The molecule has 1 aliphatic rings. The third-order valence-corrected chi connectivity index (χ3v) is 4.04. The van der Waals surface area contributed by atoms with Crippen molar-refractivity contribution in [3.05, 3.63) is 0 Å². The highest BCUT2D eigenvalue weighted by Gasteiger charge is 2.31. The van der Waals surface area contributed by atoms with Gasteiger partial charge in [-0.2, -0.15) is 0 Å². The Morgan fingerprint density at radius 2 is 2.14 bits per heavy atom. The number of nitrogens with zero attached hydrogens (tertiary/aromatic N) is 2. The zero-order valence-electron chi connectivity index (χ0n) is 14.3. The van der Waals surface area contributed by atoms with Gasteiger partial charge in [-0.05, 0) is 38.0 Å². The highest BCUT2D eigenvalue weighted by atomic mass is 127.